The molecule has 0 bridgehead atoms. The van der Waals surface area contributed by atoms with Crippen LogP contribution in [0, 0.1) is 0 Å². The first-order valence-corrected chi connectivity index (χ1v) is 7.41. The summed E-state index contributed by atoms with van der Waals surface area (Å²) in [6.45, 7) is 0.725. The van der Waals surface area contributed by atoms with Crippen LogP contribution in [-0.2, 0) is 0 Å². The molecule has 2 aromatic carbocycles. The van der Waals surface area contributed by atoms with Gasteiger partial charge in [0.25, 0.3) is 0 Å². The Morgan fingerprint density at radius 3 is 2.41 bits per heavy atom. The van der Waals surface area contributed by atoms with Crippen LogP contribution in [0.1, 0.15) is 17.5 Å². The SMILES string of the molecule is C1=C[C@H]2CCN=Cc3ccccc3ON2Oc2ccccc21. The normalized spacial score (nSPS) is 20.1. The average molecular weight is 292 g/mol. The summed E-state index contributed by atoms with van der Waals surface area (Å²) in [6.07, 6.45) is 6.88. The van der Waals surface area contributed by atoms with Gasteiger partial charge in [0.1, 0.15) is 6.04 Å². The maximum Gasteiger partial charge on any atom is 0.160 e. The van der Waals surface area contributed by atoms with Crippen LogP contribution in [0.5, 0.6) is 11.5 Å². The second-order valence-electron chi connectivity index (χ2n) is 5.29. The Bertz CT molecular complexity index is 739. The van der Waals surface area contributed by atoms with E-state index in [1.54, 1.807) is 5.23 Å². The van der Waals surface area contributed by atoms with E-state index in [2.05, 4.69) is 17.1 Å². The van der Waals surface area contributed by atoms with E-state index >= 15 is 0 Å². The molecule has 2 heterocycles. The number of hydroxylamine groups is 2. The highest BCUT2D eigenvalue weighted by atomic mass is 17.0. The Hall–Kier alpha value is -2.59. The summed E-state index contributed by atoms with van der Waals surface area (Å²) in [5.41, 5.74) is 2.00. The van der Waals surface area contributed by atoms with Crippen molar-refractivity contribution >= 4 is 12.3 Å². The Balaban J connectivity index is 1.73. The molecule has 110 valence electrons. The van der Waals surface area contributed by atoms with E-state index in [1.165, 1.54) is 0 Å². The molecular formula is C18H16N2O2. The second-order valence-corrected chi connectivity index (χ2v) is 5.29. The monoisotopic (exact) mass is 292 g/mol. The van der Waals surface area contributed by atoms with Crippen molar-refractivity contribution in [1.29, 1.82) is 0 Å². The average Bonchev–Trinajstić information content (AvgIpc) is 2.66. The van der Waals surface area contributed by atoms with Gasteiger partial charge in [-0.15, -0.1) is 0 Å². The fourth-order valence-electron chi connectivity index (χ4n) is 2.58. The van der Waals surface area contributed by atoms with Gasteiger partial charge in [-0.25, -0.2) is 0 Å². The largest absolute Gasteiger partial charge is 0.370 e. The minimum absolute atomic E-state index is 0.00991. The van der Waals surface area contributed by atoms with Crippen LogP contribution in [0.15, 0.2) is 59.6 Å². The molecule has 22 heavy (non-hydrogen) atoms. The fraction of sp³-hybridized carbons (Fsp3) is 0.167. The van der Waals surface area contributed by atoms with Crippen molar-refractivity contribution in [2.75, 3.05) is 6.54 Å². The standard InChI is InChI=1S/C18H16N2O2/c1-3-7-17-14(5-1)9-10-16-11-12-19-13-15-6-2-4-8-18(15)22-20(16)21-17/h1-10,13,16H,11-12H2/t16-/m0/s1. The first kappa shape index (κ1) is 13.1. The van der Waals surface area contributed by atoms with Crippen LogP contribution in [-0.4, -0.2) is 24.0 Å². The van der Waals surface area contributed by atoms with Crippen LogP contribution in [0.3, 0.4) is 0 Å². The minimum Gasteiger partial charge on any atom is -0.370 e. The van der Waals surface area contributed by atoms with Gasteiger partial charge in [-0.2, -0.15) is 0 Å². The van der Waals surface area contributed by atoms with Gasteiger partial charge in [0.2, 0.25) is 0 Å². The van der Waals surface area contributed by atoms with Crippen molar-refractivity contribution in [2.24, 2.45) is 4.99 Å². The Morgan fingerprint density at radius 2 is 1.59 bits per heavy atom. The van der Waals surface area contributed by atoms with E-state index in [0.717, 1.165) is 35.6 Å². The third-order valence-electron chi connectivity index (χ3n) is 3.77. The summed E-state index contributed by atoms with van der Waals surface area (Å²) in [5.74, 6) is 1.53. The lowest BCUT2D eigenvalue weighted by Crippen LogP contribution is -2.39. The molecule has 0 radical (unpaired) electrons. The Labute approximate surface area is 129 Å². The van der Waals surface area contributed by atoms with Gasteiger partial charge in [-0.05, 0) is 24.6 Å². The predicted molar refractivity (Wildman–Crippen MR) is 85.9 cm³/mol. The highest BCUT2D eigenvalue weighted by molar-refractivity contribution is 5.83. The minimum atomic E-state index is 0.00991. The third-order valence-corrected chi connectivity index (χ3v) is 3.77. The second kappa shape index (κ2) is 5.66. The molecular weight excluding hydrogens is 276 g/mol. The molecule has 0 N–H and O–H groups in total. The van der Waals surface area contributed by atoms with E-state index in [-0.39, 0.29) is 6.04 Å². The highest BCUT2D eigenvalue weighted by Crippen LogP contribution is 2.28. The summed E-state index contributed by atoms with van der Waals surface area (Å²) in [4.78, 5) is 16.5. The lowest BCUT2D eigenvalue weighted by Gasteiger charge is -2.26. The molecule has 4 heteroatoms. The molecule has 4 rings (SSSR count). The number of hydrogen-bond acceptors (Lipinski definition) is 4. The van der Waals surface area contributed by atoms with E-state index < -0.39 is 0 Å². The van der Waals surface area contributed by atoms with Crippen LogP contribution in [0.25, 0.3) is 6.08 Å². The van der Waals surface area contributed by atoms with Crippen LogP contribution < -0.4 is 9.68 Å². The topological polar surface area (TPSA) is 34.1 Å². The zero-order valence-electron chi connectivity index (χ0n) is 12.1. The van der Waals surface area contributed by atoms with Gasteiger partial charge in [-0.3, -0.25) is 4.99 Å². The first-order valence-electron chi connectivity index (χ1n) is 7.41. The number of rotatable bonds is 0. The Kier molecular flexibility index (Phi) is 3.37. The quantitative estimate of drug-likeness (QED) is 0.745. The van der Waals surface area contributed by atoms with Crippen molar-refractivity contribution in [3.63, 3.8) is 0 Å². The van der Waals surface area contributed by atoms with Gasteiger partial charge in [-0.1, -0.05) is 42.5 Å². The maximum absolute atomic E-state index is 6.03. The molecule has 0 saturated carbocycles. The van der Waals surface area contributed by atoms with E-state index in [1.807, 2.05) is 54.7 Å². The third kappa shape index (κ3) is 2.49. The zero-order chi connectivity index (χ0) is 14.8. The lowest BCUT2D eigenvalue weighted by molar-refractivity contribution is -0.273. The fourth-order valence-corrected chi connectivity index (χ4v) is 2.58. The molecule has 2 aliphatic rings. The van der Waals surface area contributed by atoms with Crippen LogP contribution in [0.4, 0.5) is 0 Å². The summed E-state index contributed by atoms with van der Waals surface area (Å²) in [6, 6.07) is 15.8. The molecule has 2 aromatic rings. The highest BCUT2D eigenvalue weighted by Gasteiger charge is 2.25. The van der Waals surface area contributed by atoms with E-state index in [9.17, 15) is 0 Å². The number of hydrogen-bond donors (Lipinski definition) is 0. The number of para-hydroxylation sites is 2. The van der Waals surface area contributed by atoms with Crippen molar-refractivity contribution in [3.05, 3.63) is 65.7 Å². The van der Waals surface area contributed by atoms with Crippen molar-refractivity contribution in [1.82, 2.24) is 5.23 Å². The molecule has 0 aromatic heterocycles. The lowest BCUT2D eigenvalue weighted by atomic mass is 10.1. The number of fused-ring (bicyclic) bond motifs is 3. The van der Waals surface area contributed by atoms with Crippen molar-refractivity contribution in [2.45, 2.75) is 12.5 Å². The Morgan fingerprint density at radius 1 is 0.909 bits per heavy atom. The molecule has 1 atom stereocenters. The van der Waals surface area contributed by atoms with Gasteiger partial charge in [0, 0.05) is 29.1 Å². The van der Waals surface area contributed by atoms with Crippen molar-refractivity contribution < 1.29 is 9.68 Å². The van der Waals surface area contributed by atoms with Crippen LogP contribution in [0.2, 0.25) is 0 Å². The molecule has 0 unspecified atom stereocenters. The van der Waals surface area contributed by atoms with Gasteiger partial charge in [0.05, 0.1) is 0 Å². The summed E-state index contributed by atoms with van der Waals surface area (Å²) in [7, 11) is 0. The first-order chi connectivity index (χ1) is 10.9. The van der Waals surface area contributed by atoms with Gasteiger partial charge < -0.3 is 9.68 Å². The molecule has 0 amide bonds. The van der Waals surface area contributed by atoms with Gasteiger partial charge >= 0.3 is 0 Å². The number of benzene rings is 2. The smallest absolute Gasteiger partial charge is 0.160 e. The van der Waals surface area contributed by atoms with Crippen molar-refractivity contribution in [3.8, 4) is 11.5 Å². The summed E-state index contributed by atoms with van der Waals surface area (Å²) >= 11 is 0. The number of nitrogens with zero attached hydrogens (tertiary/aromatic N) is 2. The molecule has 2 aliphatic heterocycles. The van der Waals surface area contributed by atoms with Crippen LogP contribution >= 0.6 is 0 Å². The zero-order valence-corrected chi connectivity index (χ0v) is 12.1. The number of aliphatic imine (C=N–C) groups is 1. The maximum atomic E-state index is 6.03. The molecule has 0 saturated heterocycles. The molecule has 0 spiro atoms. The van der Waals surface area contributed by atoms with E-state index in [0.29, 0.717) is 0 Å². The summed E-state index contributed by atoms with van der Waals surface area (Å²) < 4.78 is 0. The molecule has 0 aliphatic carbocycles. The molecule has 0 fully saturated rings. The molecule has 4 nitrogen and oxygen atoms in total. The van der Waals surface area contributed by atoms with Gasteiger partial charge in [0.15, 0.2) is 11.5 Å². The predicted octanol–water partition coefficient (Wildman–Crippen LogP) is 3.49. The van der Waals surface area contributed by atoms with E-state index in [4.69, 9.17) is 9.68 Å². The summed E-state index contributed by atoms with van der Waals surface area (Å²) in [5, 5.41) is 1.58.